The molecule has 0 aliphatic carbocycles. The quantitative estimate of drug-likeness (QED) is 0.526. The second kappa shape index (κ2) is 20.4. The van der Waals surface area contributed by atoms with E-state index in [4.69, 9.17) is 10.2 Å². The molecule has 3 nitrogen and oxygen atoms in total. The van der Waals surface area contributed by atoms with E-state index in [0.717, 1.165) is 11.8 Å². The van der Waals surface area contributed by atoms with Crippen molar-refractivity contribution in [3.05, 3.63) is 35.9 Å². The summed E-state index contributed by atoms with van der Waals surface area (Å²) in [5.74, 6) is 1.80. The second-order valence-electron chi connectivity index (χ2n) is 6.85. The van der Waals surface area contributed by atoms with Crippen molar-refractivity contribution < 1.29 is 41.2 Å². The van der Waals surface area contributed by atoms with E-state index >= 15 is 0 Å². The first kappa shape index (κ1) is 27.3. The first-order chi connectivity index (χ1) is 11.6. The maximum absolute atomic E-state index is 7.91. The molecule has 1 fully saturated rings. The molecular weight excluding hydrogens is 321 g/mol. The first-order valence-corrected chi connectivity index (χ1v) is 9.60. The Morgan fingerprint density at radius 1 is 0.960 bits per heavy atom. The average Bonchev–Trinajstić information content (AvgIpc) is 2.58. The molecule has 2 rings (SSSR count). The van der Waals surface area contributed by atoms with Gasteiger partial charge in [0.1, 0.15) is 0 Å². The van der Waals surface area contributed by atoms with Gasteiger partial charge in [0.15, 0.2) is 0 Å². The summed E-state index contributed by atoms with van der Waals surface area (Å²) in [6.07, 6.45) is 7.16. The normalized spacial score (nSPS) is 18.8. The molecule has 2 unspecified atom stereocenters. The van der Waals surface area contributed by atoms with Gasteiger partial charge in [-0.05, 0) is 56.2 Å². The Kier molecular flexibility index (Phi) is 22.3. The number of unbranched alkanes of at least 4 members (excludes halogenated alkanes) is 2. The third kappa shape index (κ3) is 18.7. The van der Waals surface area contributed by atoms with Gasteiger partial charge in [-0.15, -0.1) is 0 Å². The third-order valence-electron chi connectivity index (χ3n) is 4.02. The van der Waals surface area contributed by atoms with Crippen LogP contribution >= 0.6 is 0 Å². The number of aryl methyl sites for hydroxylation is 1. The smallest absolute Gasteiger partial charge is 1.00 e. The molecule has 142 valence electrons. The summed E-state index contributed by atoms with van der Waals surface area (Å²) in [5.41, 5.74) is 1.47. The Labute approximate surface area is 179 Å². The van der Waals surface area contributed by atoms with Gasteiger partial charge in [0.25, 0.3) is 0 Å². The predicted octanol–water partition coefficient (Wildman–Crippen LogP) is 1.15. The van der Waals surface area contributed by atoms with Crippen molar-refractivity contribution in [3.8, 4) is 0 Å². The fourth-order valence-electron chi connectivity index (χ4n) is 2.72. The van der Waals surface area contributed by atoms with Gasteiger partial charge in [0.2, 0.25) is 0 Å². The summed E-state index contributed by atoms with van der Waals surface area (Å²) >= 11 is 0. The molecule has 0 saturated carbocycles. The summed E-state index contributed by atoms with van der Waals surface area (Å²) in [7, 11) is 0. The molecule has 0 aromatic heterocycles. The molecule has 0 spiro atoms. The zero-order chi connectivity index (χ0) is 18.0. The molecule has 0 radical (unpaired) electrons. The standard InChI is InChI=1S/C11H16.C7H15N.C3H8O2.Na.H/c1-2-3-5-8-11-9-6-4-7-10-11;1-6-3-7(2)5-8-4-6;4-2-1-3-5;;/h4,6-7,9-10H,2-3,5,8H2,1H3;6-8H,3-5H2,1-2H3;4-5H,1-3H2;;/q;;;+1;-1. The van der Waals surface area contributed by atoms with Crippen LogP contribution in [0.4, 0.5) is 0 Å². The van der Waals surface area contributed by atoms with Crippen LogP contribution in [0.1, 0.15) is 59.9 Å². The summed E-state index contributed by atoms with van der Waals surface area (Å²) < 4.78 is 0. The Morgan fingerprint density at radius 2 is 1.52 bits per heavy atom. The summed E-state index contributed by atoms with van der Waals surface area (Å²) in [6, 6.07) is 10.7. The maximum atomic E-state index is 7.91. The van der Waals surface area contributed by atoms with E-state index < -0.39 is 0 Å². The number of aliphatic hydroxyl groups excluding tert-OH is 2. The van der Waals surface area contributed by atoms with Crippen LogP contribution in [0.5, 0.6) is 0 Å². The zero-order valence-electron chi connectivity index (χ0n) is 18.0. The third-order valence-corrected chi connectivity index (χ3v) is 4.02. The van der Waals surface area contributed by atoms with E-state index in [1.54, 1.807) is 0 Å². The molecule has 1 aromatic carbocycles. The van der Waals surface area contributed by atoms with E-state index in [9.17, 15) is 0 Å². The summed E-state index contributed by atoms with van der Waals surface area (Å²) in [6.45, 7) is 9.50. The molecule has 1 heterocycles. The minimum absolute atomic E-state index is 0. The SMILES string of the molecule is CC1CNCC(C)C1.CCCCCc1ccccc1.OCCCO.[H-].[Na+]. The van der Waals surface area contributed by atoms with Crippen molar-refractivity contribution in [1.82, 2.24) is 5.32 Å². The van der Waals surface area contributed by atoms with E-state index in [1.807, 2.05) is 0 Å². The molecule has 2 atom stereocenters. The van der Waals surface area contributed by atoms with Crippen molar-refractivity contribution in [3.63, 3.8) is 0 Å². The number of benzene rings is 1. The predicted molar refractivity (Wildman–Crippen MR) is 105 cm³/mol. The van der Waals surface area contributed by atoms with Crippen LogP contribution in [0.3, 0.4) is 0 Å². The molecule has 1 aliphatic heterocycles. The van der Waals surface area contributed by atoms with E-state index in [-0.39, 0.29) is 44.2 Å². The van der Waals surface area contributed by atoms with Crippen molar-refractivity contribution in [2.24, 2.45) is 11.8 Å². The topological polar surface area (TPSA) is 52.5 Å². The number of hydrogen-bond donors (Lipinski definition) is 3. The van der Waals surface area contributed by atoms with Crippen molar-refractivity contribution >= 4 is 0 Å². The number of rotatable bonds is 6. The van der Waals surface area contributed by atoms with Gasteiger partial charge < -0.3 is 17.0 Å². The van der Waals surface area contributed by atoms with Crippen molar-refractivity contribution in [2.45, 2.75) is 59.3 Å². The van der Waals surface area contributed by atoms with Crippen LogP contribution in [-0.4, -0.2) is 36.5 Å². The van der Waals surface area contributed by atoms with Crippen LogP contribution in [0, 0.1) is 11.8 Å². The first-order valence-electron chi connectivity index (χ1n) is 9.60. The molecule has 1 saturated heterocycles. The van der Waals surface area contributed by atoms with Crippen LogP contribution in [0.25, 0.3) is 0 Å². The Balaban J connectivity index is -0.000000315. The van der Waals surface area contributed by atoms with E-state index in [1.165, 1.54) is 50.8 Å². The van der Waals surface area contributed by atoms with Gasteiger partial charge in [-0.25, -0.2) is 0 Å². The average molecular weight is 362 g/mol. The van der Waals surface area contributed by atoms with Gasteiger partial charge in [0.05, 0.1) is 0 Å². The van der Waals surface area contributed by atoms with Crippen LogP contribution in [-0.2, 0) is 6.42 Å². The molecule has 0 bridgehead atoms. The van der Waals surface area contributed by atoms with Gasteiger partial charge in [-0.2, -0.15) is 0 Å². The molecular formula is C21H40NNaO2. The summed E-state index contributed by atoms with van der Waals surface area (Å²) in [4.78, 5) is 0. The Morgan fingerprint density at radius 3 is 1.88 bits per heavy atom. The maximum Gasteiger partial charge on any atom is 1.00 e. The largest absolute Gasteiger partial charge is 1.00 e. The molecule has 3 N–H and O–H groups in total. The van der Waals surface area contributed by atoms with Gasteiger partial charge in [0, 0.05) is 13.2 Å². The second-order valence-corrected chi connectivity index (χ2v) is 6.85. The van der Waals surface area contributed by atoms with Crippen molar-refractivity contribution in [2.75, 3.05) is 26.3 Å². The molecule has 1 aliphatic rings. The van der Waals surface area contributed by atoms with Crippen molar-refractivity contribution in [1.29, 1.82) is 0 Å². The van der Waals surface area contributed by atoms with Crippen LogP contribution in [0.2, 0.25) is 0 Å². The summed E-state index contributed by atoms with van der Waals surface area (Å²) in [5, 5.41) is 19.2. The molecule has 1 aromatic rings. The van der Waals surface area contributed by atoms with Crippen LogP contribution in [0.15, 0.2) is 30.3 Å². The van der Waals surface area contributed by atoms with Gasteiger partial charge >= 0.3 is 29.6 Å². The van der Waals surface area contributed by atoms with E-state index in [0.29, 0.717) is 6.42 Å². The fourth-order valence-corrected chi connectivity index (χ4v) is 2.72. The number of nitrogens with one attached hydrogen (secondary N) is 1. The Bertz CT molecular complexity index is 358. The number of hydrogen-bond acceptors (Lipinski definition) is 3. The minimum atomic E-state index is 0. The molecule has 0 amide bonds. The van der Waals surface area contributed by atoms with Crippen LogP contribution < -0.4 is 34.9 Å². The number of aliphatic hydroxyl groups is 2. The van der Waals surface area contributed by atoms with Gasteiger partial charge in [-0.3, -0.25) is 0 Å². The molecule has 4 heteroatoms. The van der Waals surface area contributed by atoms with E-state index in [2.05, 4.69) is 56.4 Å². The number of piperidine rings is 1. The zero-order valence-corrected chi connectivity index (χ0v) is 19.0. The molecule has 25 heavy (non-hydrogen) atoms. The minimum Gasteiger partial charge on any atom is -1.00 e. The fraction of sp³-hybridized carbons (Fsp3) is 0.714. The van der Waals surface area contributed by atoms with Gasteiger partial charge in [-0.1, -0.05) is 63.9 Å². The Hall–Kier alpha value is 0.1000. The monoisotopic (exact) mass is 361 g/mol.